The number of hydrogen-bond acceptors (Lipinski definition) is 3. The molecule has 24 heavy (non-hydrogen) atoms. The fourth-order valence-corrected chi connectivity index (χ4v) is 3.27. The van der Waals surface area contributed by atoms with Gasteiger partial charge in [-0.2, -0.15) is 5.10 Å². The minimum Gasteiger partial charge on any atom is -0.342 e. The predicted octanol–water partition coefficient (Wildman–Crippen LogP) is 2.17. The van der Waals surface area contributed by atoms with Gasteiger partial charge in [-0.05, 0) is 19.4 Å². The van der Waals surface area contributed by atoms with Crippen LogP contribution in [0.25, 0.3) is 11.3 Å². The van der Waals surface area contributed by atoms with Crippen LogP contribution in [0.2, 0.25) is 0 Å². The number of carbonyl (C=O) groups is 1. The van der Waals surface area contributed by atoms with Crippen molar-refractivity contribution in [2.24, 2.45) is 12.8 Å². The van der Waals surface area contributed by atoms with Gasteiger partial charge < -0.3 is 10.6 Å². The molecule has 2 aromatic rings. The van der Waals surface area contributed by atoms with Gasteiger partial charge in [-0.15, -0.1) is 12.4 Å². The number of rotatable bonds is 4. The van der Waals surface area contributed by atoms with E-state index in [-0.39, 0.29) is 18.3 Å². The van der Waals surface area contributed by atoms with Gasteiger partial charge in [-0.25, -0.2) is 0 Å². The van der Waals surface area contributed by atoms with Crippen molar-refractivity contribution < 1.29 is 4.79 Å². The third-order valence-electron chi connectivity index (χ3n) is 4.52. The largest absolute Gasteiger partial charge is 0.342 e. The molecule has 6 heteroatoms. The number of fused-ring (bicyclic) bond motifs is 1. The van der Waals surface area contributed by atoms with Crippen LogP contribution in [0.4, 0.5) is 0 Å². The normalized spacial score (nSPS) is 13.8. The lowest BCUT2D eigenvalue weighted by Crippen LogP contribution is -2.33. The number of amides is 1. The average Bonchev–Trinajstić information content (AvgIpc) is 2.75. The van der Waals surface area contributed by atoms with E-state index >= 15 is 0 Å². The molecule has 2 N–H and O–H groups in total. The zero-order valence-electron chi connectivity index (χ0n) is 14.1. The fourth-order valence-electron chi connectivity index (χ4n) is 3.27. The molecular weight excluding hydrogens is 324 g/mol. The lowest BCUT2D eigenvalue weighted by molar-refractivity contribution is -0.131. The van der Waals surface area contributed by atoms with Gasteiger partial charge in [-0.3, -0.25) is 9.48 Å². The quantitative estimate of drug-likeness (QED) is 0.921. The Bertz CT molecular complexity index is 684. The molecule has 0 fully saturated rings. The van der Waals surface area contributed by atoms with Crippen molar-refractivity contribution >= 4 is 18.3 Å². The van der Waals surface area contributed by atoms with Gasteiger partial charge in [0.25, 0.3) is 0 Å². The zero-order chi connectivity index (χ0) is 16.2. The Morgan fingerprint density at radius 1 is 1.21 bits per heavy atom. The van der Waals surface area contributed by atoms with Crippen LogP contribution in [0.1, 0.15) is 24.1 Å². The highest BCUT2D eigenvalue weighted by atomic mass is 35.5. The van der Waals surface area contributed by atoms with E-state index in [2.05, 4.69) is 12.1 Å². The molecule has 1 aliphatic rings. The van der Waals surface area contributed by atoms with Crippen LogP contribution in [0.15, 0.2) is 30.3 Å². The lowest BCUT2D eigenvalue weighted by Gasteiger charge is -2.20. The molecule has 0 saturated heterocycles. The van der Waals surface area contributed by atoms with Gasteiger partial charge in [0, 0.05) is 49.8 Å². The molecule has 0 bridgehead atoms. The summed E-state index contributed by atoms with van der Waals surface area (Å²) in [4.78, 5) is 14.2. The second-order valence-corrected chi connectivity index (χ2v) is 6.04. The molecule has 0 atom stereocenters. The molecule has 5 nitrogen and oxygen atoms in total. The van der Waals surface area contributed by atoms with Gasteiger partial charge in [0.1, 0.15) is 0 Å². The van der Waals surface area contributed by atoms with E-state index in [1.54, 1.807) is 0 Å². The van der Waals surface area contributed by atoms with E-state index < -0.39 is 0 Å². The number of nitrogens with two attached hydrogens (primary N) is 1. The maximum Gasteiger partial charge on any atom is 0.222 e. The number of halogens is 1. The Kier molecular flexibility index (Phi) is 6.40. The lowest BCUT2D eigenvalue weighted by atomic mass is 10.0. The summed E-state index contributed by atoms with van der Waals surface area (Å²) in [6.45, 7) is 2.11. The van der Waals surface area contributed by atoms with Crippen molar-refractivity contribution in [1.29, 1.82) is 0 Å². The summed E-state index contributed by atoms with van der Waals surface area (Å²) in [5.41, 5.74) is 10.2. The van der Waals surface area contributed by atoms with Gasteiger partial charge in [0.05, 0.1) is 5.69 Å². The molecule has 0 unspecified atom stereocenters. The van der Waals surface area contributed by atoms with Crippen LogP contribution in [0.3, 0.4) is 0 Å². The molecule has 0 saturated carbocycles. The number of hydrogen-bond donors (Lipinski definition) is 1. The van der Waals surface area contributed by atoms with Crippen LogP contribution < -0.4 is 5.73 Å². The number of benzene rings is 1. The van der Waals surface area contributed by atoms with Gasteiger partial charge in [0.2, 0.25) is 5.91 Å². The molecule has 1 aliphatic heterocycles. The summed E-state index contributed by atoms with van der Waals surface area (Å²) in [5.74, 6) is 0.220. The maximum absolute atomic E-state index is 12.3. The smallest absolute Gasteiger partial charge is 0.222 e. The Balaban J connectivity index is 0.00000208. The van der Waals surface area contributed by atoms with E-state index in [4.69, 9.17) is 10.8 Å². The number of aryl methyl sites for hydroxylation is 1. The highest BCUT2D eigenvalue weighted by Gasteiger charge is 2.24. The molecular formula is C18H25ClN4O. The highest BCUT2D eigenvalue weighted by Crippen LogP contribution is 2.28. The Hall–Kier alpha value is -1.85. The molecule has 0 spiro atoms. The summed E-state index contributed by atoms with van der Waals surface area (Å²) in [6, 6.07) is 10.3. The van der Waals surface area contributed by atoms with Crippen molar-refractivity contribution in [2.45, 2.75) is 25.7 Å². The molecule has 3 rings (SSSR count). The van der Waals surface area contributed by atoms with E-state index in [1.165, 1.54) is 11.3 Å². The number of nitrogens with zero attached hydrogens (tertiary/aromatic N) is 3. The second-order valence-electron chi connectivity index (χ2n) is 6.04. The van der Waals surface area contributed by atoms with Crippen molar-refractivity contribution in [1.82, 2.24) is 14.7 Å². The average molecular weight is 349 g/mol. The summed E-state index contributed by atoms with van der Waals surface area (Å²) < 4.78 is 1.98. The Morgan fingerprint density at radius 3 is 2.62 bits per heavy atom. The van der Waals surface area contributed by atoms with Crippen molar-refractivity contribution in [3.63, 3.8) is 0 Å². The molecule has 1 aromatic heterocycles. The first-order valence-electron chi connectivity index (χ1n) is 8.28. The van der Waals surface area contributed by atoms with E-state index in [0.717, 1.165) is 43.6 Å². The van der Waals surface area contributed by atoms with Crippen LogP contribution in [0.5, 0.6) is 0 Å². The summed E-state index contributed by atoms with van der Waals surface area (Å²) in [6.07, 6.45) is 3.04. The summed E-state index contributed by atoms with van der Waals surface area (Å²) in [7, 11) is 2.00. The first-order valence-corrected chi connectivity index (χ1v) is 8.28. The summed E-state index contributed by atoms with van der Waals surface area (Å²) >= 11 is 0. The van der Waals surface area contributed by atoms with E-state index in [0.29, 0.717) is 13.0 Å². The van der Waals surface area contributed by atoms with Crippen LogP contribution >= 0.6 is 12.4 Å². The molecule has 2 heterocycles. The third-order valence-corrected chi connectivity index (χ3v) is 4.52. The standard InChI is InChI=1S/C18H24N4O.ClH/c1-21-16-10-13-22(17(23)8-5-11-19)12-9-15(16)18(20-21)14-6-3-2-4-7-14;/h2-4,6-7H,5,8-13,19H2,1H3;1H. The molecule has 130 valence electrons. The van der Waals surface area contributed by atoms with Crippen LogP contribution in [0, 0.1) is 0 Å². The molecule has 1 amide bonds. The van der Waals surface area contributed by atoms with Crippen molar-refractivity contribution in [3.05, 3.63) is 41.6 Å². The van der Waals surface area contributed by atoms with Gasteiger partial charge >= 0.3 is 0 Å². The van der Waals surface area contributed by atoms with Crippen LogP contribution in [-0.4, -0.2) is 40.2 Å². The SMILES string of the molecule is Cl.Cn1nc(-c2ccccc2)c2c1CCN(C(=O)CCCN)CC2. The molecule has 0 aliphatic carbocycles. The Morgan fingerprint density at radius 2 is 1.92 bits per heavy atom. The maximum atomic E-state index is 12.3. The second kappa shape index (κ2) is 8.31. The van der Waals surface area contributed by atoms with E-state index in [9.17, 15) is 4.79 Å². The minimum atomic E-state index is 0. The monoisotopic (exact) mass is 348 g/mol. The Labute approximate surface area is 149 Å². The topological polar surface area (TPSA) is 64.2 Å². The molecule has 1 aromatic carbocycles. The minimum absolute atomic E-state index is 0. The predicted molar refractivity (Wildman–Crippen MR) is 98.2 cm³/mol. The van der Waals surface area contributed by atoms with Crippen molar-refractivity contribution in [2.75, 3.05) is 19.6 Å². The zero-order valence-corrected chi connectivity index (χ0v) is 14.9. The van der Waals surface area contributed by atoms with Crippen molar-refractivity contribution in [3.8, 4) is 11.3 Å². The van der Waals surface area contributed by atoms with Gasteiger partial charge in [0.15, 0.2) is 0 Å². The highest BCUT2D eigenvalue weighted by molar-refractivity contribution is 5.85. The first kappa shape index (κ1) is 18.5. The fraction of sp³-hybridized carbons (Fsp3) is 0.444. The van der Waals surface area contributed by atoms with Crippen LogP contribution in [-0.2, 0) is 24.7 Å². The number of aromatic nitrogens is 2. The van der Waals surface area contributed by atoms with Gasteiger partial charge in [-0.1, -0.05) is 30.3 Å². The summed E-state index contributed by atoms with van der Waals surface area (Å²) in [5, 5.41) is 4.72. The first-order chi connectivity index (χ1) is 11.2. The van der Waals surface area contributed by atoms with E-state index in [1.807, 2.05) is 34.8 Å². The number of carbonyl (C=O) groups excluding carboxylic acids is 1. The third kappa shape index (κ3) is 3.79. The molecule has 0 radical (unpaired) electrons.